The Balaban J connectivity index is 1.46. The minimum Gasteiger partial charge on any atom is -0.507 e. The van der Waals surface area contributed by atoms with E-state index in [-0.39, 0.29) is 0 Å². The van der Waals surface area contributed by atoms with Crippen molar-refractivity contribution in [2.24, 2.45) is 0 Å². The maximum absolute atomic E-state index is 10.2. The minimum atomic E-state index is 0.435. The highest BCUT2D eigenvalue weighted by molar-refractivity contribution is 5.87. The van der Waals surface area contributed by atoms with Crippen molar-refractivity contribution in [3.8, 4) is 5.75 Å². The third-order valence-electron chi connectivity index (χ3n) is 6.21. The summed E-state index contributed by atoms with van der Waals surface area (Å²) in [7, 11) is 0. The number of benzene rings is 1. The molecule has 2 heteroatoms. The van der Waals surface area contributed by atoms with Gasteiger partial charge >= 0.3 is 0 Å². The third-order valence-corrected chi connectivity index (χ3v) is 6.21. The molecule has 0 amide bonds. The van der Waals surface area contributed by atoms with Crippen molar-refractivity contribution in [1.29, 1.82) is 0 Å². The molecule has 0 atom stereocenters. The van der Waals surface area contributed by atoms with Gasteiger partial charge in [0.25, 0.3) is 0 Å². The summed E-state index contributed by atoms with van der Waals surface area (Å²) >= 11 is 0. The summed E-state index contributed by atoms with van der Waals surface area (Å²) in [4.78, 5) is 0. The second-order valence-corrected chi connectivity index (χ2v) is 8.24. The van der Waals surface area contributed by atoms with Crippen LogP contribution < -0.4 is 0 Å². The van der Waals surface area contributed by atoms with Crippen molar-refractivity contribution in [3.05, 3.63) is 30.0 Å². The van der Waals surface area contributed by atoms with Crippen molar-refractivity contribution < 1.29 is 5.11 Å². The minimum absolute atomic E-state index is 0.435. The number of aromatic hydroxyl groups is 1. The fourth-order valence-corrected chi connectivity index (χ4v) is 4.34. The SMILES string of the molecule is CCCCCCCCCCCCn1c(C2CCC2)cc2c(O)cccc21. The van der Waals surface area contributed by atoms with Crippen LogP contribution in [0.5, 0.6) is 5.75 Å². The molecule has 1 N–H and O–H groups in total. The number of hydrogen-bond donors (Lipinski definition) is 1. The van der Waals surface area contributed by atoms with E-state index in [1.165, 1.54) is 94.7 Å². The number of hydrogen-bond acceptors (Lipinski definition) is 1. The van der Waals surface area contributed by atoms with E-state index >= 15 is 0 Å². The zero-order chi connectivity index (χ0) is 18.2. The Morgan fingerprint density at radius 2 is 1.58 bits per heavy atom. The third kappa shape index (κ3) is 4.84. The Labute approximate surface area is 159 Å². The fourth-order valence-electron chi connectivity index (χ4n) is 4.34. The Kier molecular flexibility index (Phi) is 7.46. The highest BCUT2D eigenvalue weighted by Gasteiger charge is 2.24. The molecule has 2 aromatic rings. The largest absolute Gasteiger partial charge is 0.507 e. The van der Waals surface area contributed by atoms with E-state index < -0.39 is 0 Å². The first kappa shape index (κ1) is 19.3. The lowest BCUT2D eigenvalue weighted by Gasteiger charge is -2.27. The quantitative estimate of drug-likeness (QED) is 0.391. The fraction of sp³-hybridized carbons (Fsp3) is 0.667. The highest BCUT2D eigenvalue weighted by Crippen LogP contribution is 2.40. The average molecular weight is 356 g/mol. The predicted molar refractivity (Wildman–Crippen MR) is 112 cm³/mol. The van der Waals surface area contributed by atoms with Crippen LogP contribution >= 0.6 is 0 Å². The Morgan fingerprint density at radius 1 is 0.923 bits per heavy atom. The molecule has 0 unspecified atom stereocenters. The summed E-state index contributed by atoms with van der Waals surface area (Å²) in [5, 5.41) is 11.3. The van der Waals surface area contributed by atoms with Gasteiger partial charge in [0.05, 0.1) is 5.52 Å². The molecule has 1 heterocycles. The van der Waals surface area contributed by atoms with Crippen molar-refractivity contribution >= 4 is 10.9 Å². The molecule has 0 radical (unpaired) electrons. The van der Waals surface area contributed by atoms with Gasteiger partial charge in [0.2, 0.25) is 0 Å². The van der Waals surface area contributed by atoms with E-state index in [9.17, 15) is 5.11 Å². The Hall–Kier alpha value is -1.44. The molecule has 3 rings (SSSR count). The van der Waals surface area contributed by atoms with Crippen LogP contribution in [-0.4, -0.2) is 9.67 Å². The lowest BCUT2D eigenvalue weighted by atomic mass is 9.83. The molecule has 1 aromatic carbocycles. The second kappa shape index (κ2) is 10.0. The van der Waals surface area contributed by atoms with Gasteiger partial charge in [0.15, 0.2) is 0 Å². The van der Waals surface area contributed by atoms with Crippen LogP contribution in [0.2, 0.25) is 0 Å². The van der Waals surface area contributed by atoms with Gasteiger partial charge in [-0.3, -0.25) is 0 Å². The lowest BCUT2D eigenvalue weighted by molar-refractivity contribution is 0.395. The molecule has 0 aliphatic heterocycles. The first-order valence-corrected chi connectivity index (χ1v) is 11.1. The van der Waals surface area contributed by atoms with Crippen LogP contribution in [0.4, 0.5) is 0 Å². The van der Waals surface area contributed by atoms with Crippen molar-refractivity contribution in [2.45, 2.75) is 103 Å². The van der Waals surface area contributed by atoms with Gasteiger partial charge in [0.1, 0.15) is 5.75 Å². The molecule has 26 heavy (non-hydrogen) atoms. The smallest absolute Gasteiger partial charge is 0.124 e. The summed E-state index contributed by atoms with van der Waals surface area (Å²) in [5.41, 5.74) is 2.69. The van der Waals surface area contributed by atoms with Crippen LogP contribution in [0.3, 0.4) is 0 Å². The van der Waals surface area contributed by atoms with Gasteiger partial charge < -0.3 is 9.67 Å². The molecule has 144 valence electrons. The topological polar surface area (TPSA) is 25.2 Å². The first-order chi connectivity index (χ1) is 12.8. The predicted octanol–water partition coefficient (Wildman–Crippen LogP) is 7.54. The number of rotatable bonds is 12. The molecular formula is C24H37NO. The normalized spacial score (nSPS) is 14.8. The van der Waals surface area contributed by atoms with Gasteiger partial charge in [-0.15, -0.1) is 0 Å². The van der Waals surface area contributed by atoms with Crippen molar-refractivity contribution in [2.75, 3.05) is 0 Å². The molecule has 1 aromatic heterocycles. The molecule has 1 aliphatic carbocycles. The zero-order valence-corrected chi connectivity index (χ0v) is 16.7. The van der Waals surface area contributed by atoms with Gasteiger partial charge in [-0.25, -0.2) is 0 Å². The van der Waals surface area contributed by atoms with E-state index in [0.29, 0.717) is 11.7 Å². The Bertz CT molecular complexity index is 668. The molecule has 1 fully saturated rings. The number of nitrogens with zero attached hydrogens (tertiary/aromatic N) is 1. The van der Waals surface area contributed by atoms with E-state index in [4.69, 9.17) is 0 Å². The van der Waals surface area contributed by atoms with Gasteiger partial charge in [-0.1, -0.05) is 77.2 Å². The maximum Gasteiger partial charge on any atom is 0.124 e. The summed E-state index contributed by atoms with van der Waals surface area (Å²) in [5.74, 6) is 1.15. The van der Waals surface area contributed by atoms with E-state index in [1.54, 1.807) is 0 Å². The van der Waals surface area contributed by atoms with Crippen molar-refractivity contribution in [3.63, 3.8) is 0 Å². The molecular weight excluding hydrogens is 318 g/mol. The molecule has 1 aliphatic rings. The standard InChI is InChI=1S/C24H37NO/c1-2-3-4-5-6-7-8-9-10-11-18-25-22-16-13-17-24(26)21(22)19-23(25)20-14-12-15-20/h13,16-17,19-20,26H,2-12,14-15,18H2,1H3. The second-order valence-electron chi connectivity index (χ2n) is 8.24. The van der Waals surface area contributed by atoms with Gasteiger partial charge in [-0.05, 0) is 43.4 Å². The molecule has 0 spiro atoms. The number of phenolic OH excluding ortho intramolecular Hbond substituents is 1. The van der Waals surface area contributed by atoms with Gasteiger partial charge in [0, 0.05) is 17.6 Å². The number of fused-ring (bicyclic) bond motifs is 1. The van der Waals surface area contributed by atoms with E-state index in [1.807, 2.05) is 12.1 Å². The summed E-state index contributed by atoms with van der Waals surface area (Å²) in [6.45, 7) is 3.39. The number of unbranched alkanes of at least 4 members (excludes halogenated alkanes) is 9. The lowest BCUT2D eigenvalue weighted by Crippen LogP contribution is -2.14. The van der Waals surface area contributed by atoms with E-state index in [2.05, 4.69) is 23.6 Å². The summed E-state index contributed by atoms with van der Waals surface area (Å²) in [6, 6.07) is 8.23. The van der Waals surface area contributed by atoms with Crippen LogP contribution in [0, 0.1) is 0 Å². The highest BCUT2D eigenvalue weighted by atomic mass is 16.3. The van der Waals surface area contributed by atoms with Crippen molar-refractivity contribution in [1.82, 2.24) is 4.57 Å². The Morgan fingerprint density at radius 3 is 2.19 bits per heavy atom. The molecule has 2 nitrogen and oxygen atoms in total. The summed E-state index contributed by atoms with van der Waals surface area (Å²) in [6.07, 6.45) is 17.8. The monoisotopic (exact) mass is 355 g/mol. The number of aromatic nitrogens is 1. The molecule has 0 bridgehead atoms. The van der Waals surface area contributed by atoms with Crippen LogP contribution in [-0.2, 0) is 6.54 Å². The number of phenols is 1. The maximum atomic E-state index is 10.2. The molecule has 0 saturated heterocycles. The van der Waals surface area contributed by atoms with Crippen LogP contribution in [0.25, 0.3) is 10.9 Å². The first-order valence-electron chi connectivity index (χ1n) is 11.1. The summed E-state index contributed by atoms with van der Waals surface area (Å²) < 4.78 is 2.50. The van der Waals surface area contributed by atoms with Crippen LogP contribution in [0.15, 0.2) is 24.3 Å². The van der Waals surface area contributed by atoms with Gasteiger partial charge in [-0.2, -0.15) is 0 Å². The number of aryl methyl sites for hydroxylation is 1. The zero-order valence-electron chi connectivity index (χ0n) is 16.7. The van der Waals surface area contributed by atoms with Crippen LogP contribution in [0.1, 0.15) is 102 Å². The average Bonchev–Trinajstić information content (AvgIpc) is 2.95. The molecule has 1 saturated carbocycles. The van der Waals surface area contributed by atoms with E-state index in [0.717, 1.165) is 11.9 Å².